The first-order valence-corrected chi connectivity index (χ1v) is 11.1. The zero-order valence-corrected chi connectivity index (χ0v) is 18.2. The van der Waals surface area contributed by atoms with Crippen LogP contribution in [0.3, 0.4) is 0 Å². The van der Waals surface area contributed by atoms with E-state index in [0.717, 1.165) is 10.4 Å². The molecule has 0 aliphatic carbocycles. The fourth-order valence-electron chi connectivity index (χ4n) is 4.56. The average molecular weight is 473 g/mol. The number of alkyl halides is 3. The highest BCUT2D eigenvalue weighted by Crippen LogP contribution is 2.43. The van der Waals surface area contributed by atoms with Gasteiger partial charge in [-0.1, -0.05) is 30.3 Å². The van der Waals surface area contributed by atoms with Gasteiger partial charge in [0.1, 0.15) is 11.6 Å². The summed E-state index contributed by atoms with van der Waals surface area (Å²) in [5.41, 5.74) is 1.58. The summed E-state index contributed by atoms with van der Waals surface area (Å²) in [6, 6.07) is 14.0. The van der Waals surface area contributed by atoms with Crippen LogP contribution in [-0.4, -0.2) is 52.9 Å². The molecule has 0 spiro atoms. The van der Waals surface area contributed by atoms with Crippen LogP contribution in [0.1, 0.15) is 34.6 Å². The van der Waals surface area contributed by atoms with E-state index in [-0.39, 0.29) is 17.9 Å². The number of aromatic nitrogens is 2. The van der Waals surface area contributed by atoms with Gasteiger partial charge in [-0.3, -0.25) is 4.79 Å². The third-order valence-corrected chi connectivity index (χ3v) is 6.37. The van der Waals surface area contributed by atoms with Crippen molar-refractivity contribution in [3.8, 4) is 0 Å². The van der Waals surface area contributed by atoms with Crippen LogP contribution in [0.4, 0.5) is 29.1 Å². The number of hydrogen-bond acceptors (Lipinski definition) is 4. The van der Waals surface area contributed by atoms with Crippen molar-refractivity contribution in [3.05, 3.63) is 77.7 Å². The second-order valence-electron chi connectivity index (χ2n) is 8.52. The number of anilines is 2. The molecule has 1 N–H and O–H groups in total. The minimum atomic E-state index is -4.55. The summed E-state index contributed by atoms with van der Waals surface area (Å²) in [7, 11) is 0. The van der Waals surface area contributed by atoms with Crippen LogP contribution in [0.15, 0.2) is 60.7 Å². The summed E-state index contributed by atoms with van der Waals surface area (Å²) < 4.78 is 55.8. The lowest BCUT2D eigenvalue weighted by Crippen LogP contribution is -2.49. The van der Waals surface area contributed by atoms with Crippen LogP contribution in [0, 0.1) is 5.82 Å². The highest BCUT2D eigenvalue weighted by molar-refractivity contribution is 5.93. The Hall–Kier alpha value is -3.56. The molecular formula is C24H23F4N5O. The number of para-hydroxylation sites is 1. The first-order valence-electron chi connectivity index (χ1n) is 11.1. The number of amides is 1. The third kappa shape index (κ3) is 4.32. The van der Waals surface area contributed by atoms with Crippen molar-refractivity contribution < 1.29 is 22.4 Å². The summed E-state index contributed by atoms with van der Waals surface area (Å²) >= 11 is 0. The summed E-state index contributed by atoms with van der Waals surface area (Å²) in [5, 5.41) is 7.10. The Morgan fingerprint density at radius 1 is 0.971 bits per heavy atom. The molecule has 1 amide bonds. The van der Waals surface area contributed by atoms with E-state index < -0.39 is 30.0 Å². The SMILES string of the molecule is O=C(c1cc2n(n1)[C@@H](C(F)(F)F)C[C@@H](c1ccc(F)cc1)N2)N1CCN(c2ccccc2)CC1. The zero-order chi connectivity index (χ0) is 23.9. The van der Waals surface area contributed by atoms with E-state index in [1.165, 1.54) is 30.3 Å². The van der Waals surface area contributed by atoms with Gasteiger partial charge in [-0.25, -0.2) is 9.07 Å². The lowest BCUT2D eigenvalue weighted by Gasteiger charge is -2.35. The van der Waals surface area contributed by atoms with Crippen LogP contribution in [0.25, 0.3) is 0 Å². The molecule has 2 atom stereocenters. The Labute approximate surface area is 193 Å². The smallest absolute Gasteiger partial charge is 0.368 e. The van der Waals surface area contributed by atoms with Gasteiger partial charge in [-0.15, -0.1) is 0 Å². The number of benzene rings is 2. The second-order valence-corrected chi connectivity index (χ2v) is 8.52. The first kappa shape index (κ1) is 22.2. The highest BCUT2D eigenvalue weighted by Gasteiger charge is 2.47. The van der Waals surface area contributed by atoms with Crippen molar-refractivity contribution in [3.63, 3.8) is 0 Å². The summed E-state index contributed by atoms with van der Waals surface area (Å²) in [6.07, 6.45) is -4.87. The number of nitrogens with one attached hydrogen (secondary N) is 1. The van der Waals surface area contributed by atoms with Crippen LogP contribution in [-0.2, 0) is 0 Å². The van der Waals surface area contributed by atoms with Crippen LogP contribution < -0.4 is 10.2 Å². The molecule has 2 aliphatic rings. The van der Waals surface area contributed by atoms with E-state index in [4.69, 9.17) is 0 Å². The summed E-state index contributed by atoms with van der Waals surface area (Å²) in [5.74, 6) is -0.734. The van der Waals surface area contributed by atoms with Gasteiger partial charge in [0, 0.05) is 44.4 Å². The minimum Gasteiger partial charge on any atom is -0.368 e. The van der Waals surface area contributed by atoms with Crippen molar-refractivity contribution in [2.24, 2.45) is 0 Å². The quantitative estimate of drug-likeness (QED) is 0.563. The lowest BCUT2D eigenvalue weighted by atomic mass is 9.97. The lowest BCUT2D eigenvalue weighted by molar-refractivity contribution is -0.173. The van der Waals surface area contributed by atoms with E-state index in [1.54, 1.807) is 4.90 Å². The van der Waals surface area contributed by atoms with Gasteiger partial charge < -0.3 is 15.1 Å². The minimum absolute atomic E-state index is 0.0235. The predicted octanol–water partition coefficient (Wildman–Crippen LogP) is 4.64. The van der Waals surface area contributed by atoms with Crippen molar-refractivity contribution in [1.82, 2.24) is 14.7 Å². The summed E-state index contributed by atoms with van der Waals surface area (Å²) in [4.78, 5) is 16.9. The van der Waals surface area contributed by atoms with Crippen LogP contribution >= 0.6 is 0 Å². The van der Waals surface area contributed by atoms with Gasteiger partial charge in [-0.05, 0) is 29.8 Å². The average Bonchev–Trinajstić information content (AvgIpc) is 3.27. The van der Waals surface area contributed by atoms with Gasteiger partial charge in [0.15, 0.2) is 11.7 Å². The van der Waals surface area contributed by atoms with Crippen molar-refractivity contribution in [1.29, 1.82) is 0 Å². The fourth-order valence-corrected chi connectivity index (χ4v) is 4.56. The number of carbonyl (C=O) groups excluding carboxylic acids is 1. The molecule has 0 saturated carbocycles. The van der Waals surface area contributed by atoms with Crippen LogP contribution in [0.2, 0.25) is 0 Å². The maximum Gasteiger partial charge on any atom is 0.410 e. The molecule has 10 heteroatoms. The number of fused-ring (bicyclic) bond motifs is 1. The molecule has 1 fully saturated rings. The van der Waals surface area contributed by atoms with Crippen molar-refractivity contribution in [2.45, 2.75) is 24.7 Å². The van der Waals surface area contributed by atoms with Crippen molar-refractivity contribution in [2.75, 3.05) is 36.4 Å². The Balaban J connectivity index is 1.35. The standard InChI is InChI=1S/C24H23F4N5O/c25-17-8-6-16(7-9-17)19-14-21(24(26,27)28)33-22(29-19)15-20(30-33)23(34)32-12-10-31(11-13-32)18-4-2-1-3-5-18/h1-9,15,19,21,29H,10-14H2/t19-,21+/m0/s1. The monoisotopic (exact) mass is 473 g/mol. The molecule has 1 saturated heterocycles. The largest absolute Gasteiger partial charge is 0.410 e. The molecule has 0 radical (unpaired) electrons. The molecule has 0 bridgehead atoms. The van der Waals surface area contributed by atoms with Gasteiger partial charge in [-0.2, -0.15) is 18.3 Å². The molecule has 1 aromatic heterocycles. The van der Waals surface area contributed by atoms with Crippen LogP contribution in [0.5, 0.6) is 0 Å². The Morgan fingerprint density at radius 2 is 1.65 bits per heavy atom. The van der Waals surface area contributed by atoms with E-state index in [2.05, 4.69) is 15.3 Å². The zero-order valence-electron chi connectivity index (χ0n) is 18.2. The Kier molecular flexibility index (Phi) is 5.66. The third-order valence-electron chi connectivity index (χ3n) is 6.37. The number of rotatable bonds is 3. The Bertz CT molecular complexity index is 1150. The van der Waals surface area contributed by atoms with Gasteiger partial charge in [0.05, 0.1) is 6.04 Å². The number of hydrogen-bond donors (Lipinski definition) is 1. The molecule has 3 heterocycles. The maximum absolute atomic E-state index is 13.9. The molecule has 3 aromatic rings. The number of halogens is 4. The molecule has 34 heavy (non-hydrogen) atoms. The molecule has 178 valence electrons. The van der Waals surface area contributed by atoms with Crippen molar-refractivity contribution >= 4 is 17.4 Å². The number of piperazine rings is 1. The molecule has 2 aromatic carbocycles. The van der Waals surface area contributed by atoms with E-state index >= 15 is 0 Å². The molecular weight excluding hydrogens is 450 g/mol. The summed E-state index contributed by atoms with van der Waals surface area (Å²) in [6.45, 7) is 2.15. The topological polar surface area (TPSA) is 53.4 Å². The highest BCUT2D eigenvalue weighted by atomic mass is 19.4. The normalized spacial score (nSPS) is 20.6. The number of carbonyl (C=O) groups is 1. The van der Waals surface area contributed by atoms with E-state index in [0.29, 0.717) is 31.7 Å². The predicted molar refractivity (Wildman–Crippen MR) is 119 cm³/mol. The molecule has 2 aliphatic heterocycles. The van der Waals surface area contributed by atoms with Gasteiger partial charge in [0.2, 0.25) is 0 Å². The Morgan fingerprint density at radius 3 is 2.29 bits per heavy atom. The van der Waals surface area contributed by atoms with Gasteiger partial charge in [0.25, 0.3) is 5.91 Å². The van der Waals surface area contributed by atoms with E-state index in [9.17, 15) is 22.4 Å². The number of nitrogens with zero attached hydrogens (tertiary/aromatic N) is 4. The van der Waals surface area contributed by atoms with E-state index in [1.807, 2.05) is 30.3 Å². The molecule has 5 rings (SSSR count). The molecule has 6 nitrogen and oxygen atoms in total. The first-order chi connectivity index (χ1) is 16.3. The fraction of sp³-hybridized carbons (Fsp3) is 0.333. The second kappa shape index (κ2) is 8.66. The molecule has 0 unspecified atom stereocenters. The maximum atomic E-state index is 13.9. The van der Waals surface area contributed by atoms with Gasteiger partial charge >= 0.3 is 6.18 Å².